The molecule has 1 aliphatic carbocycles. The molecule has 3 aliphatic rings. The number of anilines is 1. The van der Waals surface area contributed by atoms with Gasteiger partial charge in [-0.25, -0.2) is 9.97 Å². The number of H-pyrrole nitrogens is 1. The van der Waals surface area contributed by atoms with Crippen molar-refractivity contribution in [1.82, 2.24) is 25.2 Å². The molecule has 1 aromatic carbocycles. The lowest BCUT2D eigenvalue weighted by molar-refractivity contribution is -0.133. The van der Waals surface area contributed by atoms with Crippen molar-refractivity contribution in [2.75, 3.05) is 37.7 Å². The first-order chi connectivity index (χ1) is 15.7. The van der Waals surface area contributed by atoms with Crippen LogP contribution in [0.25, 0.3) is 11.0 Å². The van der Waals surface area contributed by atoms with E-state index in [2.05, 4.69) is 25.2 Å². The zero-order valence-electron chi connectivity index (χ0n) is 17.6. The SMILES string of the molecule is O=C([C@H](CNC1CC1)c1ccc(Cl)cc1)N1CCN2c3ncnc4[nH]cc(c34)OC[C@@H]2C1. The van der Waals surface area contributed by atoms with Crippen LogP contribution in [0, 0.1) is 0 Å². The Morgan fingerprint density at radius 1 is 1.25 bits per heavy atom. The van der Waals surface area contributed by atoms with Crippen LogP contribution in [0.4, 0.5) is 5.82 Å². The van der Waals surface area contributed by atoms with Crippen LogP contribution >= 0.6 is 11.6 Å². The van der Waals surface area contributed by atoms with Crippen LogP contribution in [-0.2, 0) is 4.79 Å². The van der Waals surface area contributed by atoms with Gasteiger partial charge in [0.1, 0.15) is 35.5 Å². The fourth-order valence-electron chi connectivity index (χ4n) is 4.75. The van der Waals surface area contributed by atoms with Crippen LogP contribution in [0.3, 0.4) is 0 Å². The molecule has 2 atom stereocenters. The molecule has 4 heterocycles. The number of hydrogen-bond donors (Lipinski definition) is 2. The average Bonchev–Trinajstić information content (AvgIpc) is 3.58. The first-order valence-electron chi connectivity index (χ1n) is 11.2. The van der Waals surface area contributed by atoms with Gasteiger partial charge in [0.2, 0.25) is 5.91 Å². The van der Waals surface area contributed by atoms with Gasteiger partial charge in [-0.3, -0.25) is 4.79 Å². The molecule has 2 aromatic heterocycles. The number of ether oxygens (including phenoxy) is 1. The number of benzene rings is 1. The van der Waals surface area contributed by atoms with Crippen molar-refractivity contribution in [3.63, 3.8) is 0 Å². The van der Waals surface area contributed by atoms with Crippen LogP contribution in [0.5, 0.6) is 5.75 Å². The number of carbonyl (C=O) groups is 1. The van der Waals surface area contributed by atoms with Gasteiger partial charge in [0.15, 0.2) is 0 Å². The second-order valence-corrected chi connectivity index (χ2v) is 9.24. The van der Waals surface area contributed by atoms with E-state index >= 15 is 0 Å². The van der Waals surface area contributed by atoms with Gasteiger partial charge in [-0.05, 0) is 30.5 Å². The van der Waals surface area contributed by atoms with Crippen molar-refractivity contribution in [1.29, 1.82) is 0 Å². The van der Waals surface area contributed by atoms with E-state index in [0.29, 0.717) is 43.9 Å². The molecule has 0 spiro atoms. The maximum atomic E-state index is 13.7. The standard InChI is InChI=1S/C23H25ClN6O2/c24-15-3-1-14(2-4-15)18(9-25-16-5-6-16)23(31)29-7-8-30-17(11-29)12-32-19-10-26-21-20(19)22(30)28-13-27-21/h1-4,10,13,16-18,25H,5-9,11-12H2,(H,26,27,28)/t17-,18+/m0/s1. The number of carbonyl (C=O) groups excluding carboxylic acids is 1. The van der Waals surface area contributed by atoms with Crippen LogP contribution in [0.2, 0.25) is 5.02 Å². The van der Waals surface area contributed by atoms with Crippen LogP contribution < -0.4 is 15.0 Å². The first-order valence-corrected chi connectivity index (χ1v) is 11.5. The van der Waals surface area contributed by atoms with E-state index in [-0.39, 0.29) is 17.9 Å². The number of piperazine rings is 1. The third-order valence-electron chi connectivity index (χ3n) is 6.67. The molecule has 1 saturated heterocycles. The Morgan fingerprint density at radius 2 is 2.09 bits per heavy atom. The van der Waals surface area contributed by atoms with Crippen molar-refractivity contribution in [3.05, 3.63) is 47.4 Å². The van der Waals surface area contributed by atoms with Gasteiger partial charge in [-0.2, -0.15) is 0 Å². The third-order valence-corrected chi connectivity index (χ3v) is 6.92. The zero-order chi connectivity index (χ0) is 21.7. The van der Waals surface area contributed by atoms with Crippen molar-refractivity contribution >= 4 is 34.4 Å². The number of amides is 1. The van der Waals surface area contributed by atoms with Crippen molar-refractivity contribution < 1.29 is 9.53 Å². The minimum Gasteiger partial charge on any atom is -0.489 e. The normalized spacial score (nSPS) is 21.1. The fraction of sp³-hybridized carbons (Fsp3) is 0.435. The molecule has 2 N–H and O–H groups in total. The Morgan fingerprint density at radius 3 is 2.91 bits per heavy atom. The molecular weight excluding hydrogens is 428 g/mol. The van der Waals surface area contributed by atoms with Gasteiger partial charge in [-0.1, -0.05) is 23.7 Å². The van der Waals surface area contributed by atoms with Gasteiger partial charge >= 0.3 is 0 Å². The molecule has 32 heavy (non-hydrogen) atoms. The molecule has 8 nitrogen and oxygen atoms in total. The smallest absolute Gasteiger partial charge is 0.231 e. The molecule has 2 aliphatic heterocycles. The average molecular weight is 453 g/mol. The topological polar surface area (TPSA) is 86.4 Å². The second kappa shape index (κ2) is 7.94. The van der Waals surface area contributed by atoms with E-state index in [9.17, 15) is 4.79 Å². The quantitative estimate of drug-likeness (QED) is 0.618. The van der Waals surface area contributed by atoms with Crippen LogP contribution in [0.1, 0.15) is 24.3 Å². The minimum absolute atomic E-state index is 0.0421. The Hall–Kier alpha value is -2.84. The molecule has 9 heteroatoms. The summed E-state index contributed by atoms with van der Waals surface area (Å²) >= 11 is 6.09. The Balaban J connectivity index is 1.24. The number of halogens is 1. The van der Waals surface area contributed by atoms with E-state index in [0.717, 1.165) is 28.2 Å². The number of aromatic amines is 1. The first kappa shape index (κ1) is 19.8. The van der Waals surface area contributed by atoms with Crippen LogP contribution in [-0.4, -0.2) is 70.6 Å². The number of nitrogens with one attached hydrogen (secondary N) is 2. The molecule has 1 amide bonds. The molecule has 3 aromatic rings. The summed E-state index contributed by atoms with van der Waals surface area (Å²) in [6.45, 7) is 3.10. The van der Waals surface area contributed by atoms with Gasteiger partial charge in [-0.15, -0.1) is 0 Å². The molecule has 6 rings (SSSR count). The summed E-state index contributed by atoms with van der Waals surface area (Å²) in [6.07, 6.45) is 5.80. The Labute approximate surface area is 190 Å². The summed E-state index contributed by atoms with van der Waals surface area (Å²) in [5, 5.41) is 5.14. The van der Waals surface area contributed by atoms with E-state index in [4.69, 9.17) is 16.3 Å². The van der Waals surface area contributed by atoms with Crippen molar-refractivity contribution in [2.45, 2.75) is 30.8 Å². The van der Waals surface area contributed by atoms with Crippen LogP contribution in [0.15, 0.2) is 36.8 Å². The van der Waals surface area contributed by atoms with Gasteiger partial charge in [0.05, 0.1) is 12.0 Å². The molecule has 1 saturated carbocycles. The highest BCUT2D eigenvalue weighted by atomic mass is 35.5. The minimum atomic E-state index is -0.231. The van der Waals surface area contributed by atoms with Gasteiger partial charge in [0, 0.05) is 43.4 Å². The number of nitrogens with zero attached hydrogens (tertiary/aromatic N) is 4. The lowest BCUT2D eigenvalue weighted by atomic mass is 9.96. The molecule has 0 bridgehead atoms. The Kier molecular flexibility index (Phi) is 4.91. The number of aromatic nitrogens is 3. The highest BCUT2D eigenvalue weighted by Crippen LogP contribution is 2.36. The van der Waals surface area contributed by atoms with E-state index in [1.165, 1.54) is 12.8 Å². The maximum Gasteiger partial charge on any atom is 0.231 e. The van der Waals surface area contributed by atoms with Gasteiger partial charge in [0.25, 0.3) is 0 Å². The highest BCUT2D eigenvalue weighted by molar-refractivity contribution is 6.30. The predicted molar refractivity (Wildman–Crippen MR) is 122 cm³/mol. The number of fused-ring (bicyclic) bond motifs is 2. The zero-order valence-corrected chi connectivity index (χ0v) is 18.4. The summed E-state index contributed by atoms with van der Waals surface area (Å²) in [5.74, 6) is 1.57. The molecule has 0 unspecified atom stereocenters. The summed E-state index contributed by atoms with van der Waals surface area (Å²) in [4.78, 5) is 30.0. The lowest BCUT2D eigenvalue weighted by Crippen LogP contribution is -2.58. The fourth-order valence-corrected chi connectivity index (χ4v) is 4.87. The summed E-state index contributed by atoms with van der Waals surface area (Å²) < 4.78 is 6.09. The summed E-state index contributed by atoms with van der Waals surface area (Å²) in [5.41, 5.74) is 1.78. The van der Waals surface area contributed by atoms with Crippen molar-refractivity contribution in [2.24, 2.45) is 0 Å². The monoisotopic (exact) mass is 452 g/mol. The highest BCUT2D eigenvalue weighted by Gasteiger charge is 2.37. The second-order valence-electron chi connectivity index (χ2n) is 8.80. The number of rotatable bonds is 5. The maximum absolute atomic E-state index is 13.7. The van der Waals surface area contributed by atoms with E-state index in [1.54, 1.807) is 6.33 Å². The molecular formula is C23H25ClN6O2. The lowest BCUT2D eigenvalue weighted by Gasteiger charge is -2.42. The number of hydrogen-bond acceptors (Lipinski definition) is 6. The van der Waals surface area contributed by atoms with Gasteiger partial charge < -0.3 is 24.8 Å². The van der Waals surface area contributed by atoms with E-state index < -0.39 is 0 Å². The molecule has 2 fully saturated rings. The molecule has 0 radical (unpaired) electrons. The van der Waals surface area contributed by atoms with E-state index in [1.807, 2.05) is 35.4 Å². The summed E-state index contributed by atoms with van der Waals surface area (Å²) in [6, 6.07) is 8.24. The third kappa shape index (κ3) is 3.57. The largest absolute Gasteiger partial charge is 0.489 e. The Bertz CT molecular complexity index is 1150. The van der Waals surface area contributed by atoms with Crippen molar-refractivity contribution in [3.8, 4) is 5.75 Å². The predicted octanol–water partition coefficient (Wildman–Crippen LogP) is 2.56. The summed E-state index contributed by atoms with van der Waals surface area (Å²) in [7, 11) is 0. The molecule has 166 valence electrons.